The Bertz CT molecular complexity index is 1320. The van der Waals surface area contributed by atoms with Gasteiger partial charge in [0.25, 0.3) is 0 Å². The Hall–Kier alpha value is -3.40. The van der Waals surface area contributed by atoms with E-state index < -0.39 is 27.0 Å². The largest absolute Gasteiger partial charge is 0.508 e. The highest BCUT2D eigenvalue weighted by atomic mass is 32.2. The molecule has 1 aromatic heterocycles. The second-order valence-corrected chi connectivity index (χ2v) is 10.6. The van der Waals surface area contributed by atoms with Crippen LogP contribution in [0.3, 0.4) is 0 Å². The highest BCUT2D eigenvalue weighted by Gasteiger charge is 2.24. The third kappa shape index (κ3) is 4.75. The molecule has 170 valence electrons. The van der Waals surface area contributed by atoms with E-state index in [4.69, 9.17) is 4.74 Å². The van der Waals surface area contributed by atoms with Crippen molar-refractivity contribution in [2.75, 3.05) is 12.4 Å². The summed E-state index contributed by atoms with van der Waals surface area (Å²) in [4.78, 5) is 12.6. The zero-order valence-corrected chi connectivity index (χ0v) is 19.1. The molecule has 0 bridgehead atoms. The Balaban J connectivity index is 1.95. The normalized spacial score (nSPS) is 12.1. The number of sulfone groups is 1. The fourth-order valence-electron chi connectivity index (χ4n) is 3.01. The van der Waals surface area contributed by atoms with Crippen molar-refractivity contribution in [3.63, 3.8) is 0 Å². The summed E-state index contributed by atoms with van der Waals surface area (Å²) in [7, 11) is -3.74. The predicted molar refractivity (Wildman–Crippen MR) is 119 cm³/mol. The van der Waals surface area contributed by atoms with Gasteiger partial charge in [-0.2, -0.15) is 0 Å². The molecule has 0 unspecified atom stereocenters. The average Bonchev–Trinajstić information content (AvgIpc) is 3.11. The lowest BCUT2D eigenvalue weighted by Gasteiger charge is -2.21. The van der Waals surface area contributed by atoms with Crippen molar-refractivity contribution in [3.05, 3.63) is 48.0 Å². The molecule has 32 heavy (non-hydrogen) atoms. The minimum Gasteiger partial charge on any atom is -0.508 e. The Morgan fingerprint density at radius 3 is 2.41 bits per heavy atom. The maximum atomic E-state index is 12.6. The number of aromatic hydroxyl groups is 2. The third-order valence-corrected chi connectivity index (χ3v) is 6.42. The van der Waals surface area contributed by atoms with Gasteiger partial charge in [-0.1, -0.05) is 27.4 Å². The average molecular weight is 460 g/mol. The smallest absolute Gasteiger partial charge is 0.333 e. The predicted octanol–water partition coefficient (Wildman–Crippen LogP) is 3.02. The van der Waals surface area contributed by atoms with Crippen molar-refractivity contribution in [2.45, 2.75) is 38.0 Å². The van der Waals surface area contributed by atoms with Crippen LogP contribution in [0.5, 0.6) is 11.5 Å². The van der Waals surface area contributed by atoms with Crippen molar-refractivity contribution in [1.82, 2.24) is 15.0 Å². The lowest BCUT2D eigenvalue weighted by atomic mass is 9.86. The maximum Gasteiger partial charge on any atom is 0.333 e. The van der Waals surface area contributed by atoms with Gasteiger partial charge in [0.1, 0.15) is 34.8 Å². The lowest BCUT2D eigenvalue weighted by molar-refractivity contribution is -0.138. The molecule has 2 N–H and O–H groups in total. The number of fused-ring (bicyclic) bond motifs is 1. The van der Waals surface area contributed by atoms with Crippen LogP contribution in [0.25, 0.3) is 16.7 Å². The van der Waals surface area contributed by atoms with Gasteiger partial charge < -0.3 is 14.9 Å². The number of nitrogens with zero attached hydrogens (tertiary/aromatic N) is 3. The topological polar surface area (TPSA) is 132 Å². The van der Waals surface area contributed by atoms with Crippen LogP contribution >= 0.6 is 0 Å². The van der Waals surface area contributed by atoms with Gasteiger partial charge >= 0.3 is 5.97 Å². The first kappa shape index (κ1) is 23.3. The number of phenols is 2. The number of aromatic nitrogens is 3. The molecule has 0 saturated carbocycles. The molecule has 0 amide bonds. The Kier molecular flexibility index (Phi) is 6.01. The van der Waals surface area contributed by atoms with Gasteiger partial charge in [-0.15, -0.1) is 15.0 Å². The number of carbonyl (C=O) groups is 1. The van der Waals surface area contributed by atoms with Gasteiger partial charge in [0.2, 0.25) is 0 Å². The fraction of sp³-hybridized carbons (Fsp3) is 0.318. The molecule has 3 rings (SSSR count). The van der Waals surface area contributed by atoms with Gasteiger partial charge in [-0.25, -0.2) is 13.2 Å². The molecule has 2 aromatic carbocycles. The molecular formula is C22H25N3O6S. The molecule has 0 fully saturated rings. The molecular weight excluding hydrogens is 434 g/mol. The maximum absolute atomic E-state index is 12.6. The summed E-state index contributed by atoms with van der Waals surface area (Å²) in [6, 6.07) is 7.06. The Morgan fingerprint density at radius 1 is 1.12 bits per heavy atom. The lowest BCUT2D eigenvalue weighted by Crippen LogP contribution is -2.16. The number of rotatable bonds is 6. The quantitative estimate of drug-likeness (QED) is 0.327. The van der Waals surface area contributed by atoms with E-state index >= 15 is 0 Å². The van der Waals surface area contributed by atoms with Crippen molar-refractivity contribution >= 4 is 26.8 Å². The van der Waals surface area contributed by atoms with E-state index in [0.717, 1.165) is 4.80 Å². The summed E-state index contributed by atoms with van der Waals surface area (Å²) < 4.78 is 30.1. The van der Waals surface area contributed by atoms with Crippen LogP contribution in [-0.4, -0.2) is 52.0 Å². The number of hydrogen-bond donors (Lipinski definition) is 2. The summed E-state index contributed by atoms with van der Waals surface area (Å²) in [5.74, 6) is -1.19. The highest BCUT2D eigenvalue weighted by Crippen LogP contribution is 2.38. The number of benzene rings is 2. The molecule has 0 aliphatic rings. The molecule has 0 saturated heterocycles. The molecule has 0 aliphatic carbocycles. The first-order valence-electron chi connectivity index (χ1n) is 9.79. The van der Waals surface area contributed by atoms with Gasteiger partial charge in [0.05, 0.1) is 10.6 Å². The van der Waals surface area contributed by atoms with Crippen molar-refractivity contribution in [2.24, 2.45) is 0 Å². The second-order valence-electron chi connectivity index (χ2n) is 8.49. The number of carbonyl (C=O) groups excluding carboxylic acids is 1. The third-order valence-electron chi connectivity index (χ3n) is 4.74. The number of esters is 1. The van der Waals surface area contributed by atoms with E-state index in [2.05, 4.69) is 16.8 Å². The van der Waals surface area contributed by atoms with E-state index in [9.17, 15) is 23.4 Å². The standard InChI is InChI=1S/C22H25N3O6S/c1-13(2)21(28)31-8-9-32(29,30)15-6-7-17-18(12-15)24-25(23-17)19-11-14(26)10-16(20(19)27)22(3,4)5/h6-7,10-12,26-27H,1,8-9H2,2-5H3. The van der Waals surface area contributed by atoms with E-state index in [1.54, 1.807) is 0 Å². The number of hydrogen-bond acceptors (Lipinski definition) is 8. The highest BCUT2D eigenvalue weighted by molar-refractivity contribution is 7.91. The summed E-state index contributed by atoms with van der Waals surface area (Å²) in [5, 5.41) is 29.4. The summed E-state index contributed by atoms with van der Waals surface area (Å²) in [6.07, 6.45) is 0. The second kappa shape index (κ2) is 8.27. The Morgan fingerprint density at radius 2 is 1.78 bits per heavy atom. The van der Waals surface area contributed by atoms with Crippen LogP contribution in [-0.2, 0) is 24.8 Å². The van der Waals surface area contributed by atoms with E-state index in [1.165, 1.54) is 37.3 Å². The van der Waals surface area contributed by atoms with Crippen LogP contribution in [0.4, 0.5) is 0 Å². The van der Waals surface area contributed by atoms with Crippen LogP contribution in [0, 0.1) is 0 Å². The fourth-order valence-corrected chi connectivity index (χ4v) is 4.11. The monoisotopic (exact) mass is 459 g/mol. The minimum atomic E-state index is -3.74. The molecule has 3 aromatic rings. The first-order chi connectivity index (χ1) is 14.8. The zero-order chi connectivity index (χ0) is 23.8. The van der Waals surface area contributed by atoms with E-state index in [-0.39, 0.29) is 39.8 Å². The molecule has 9 nitrogen and oxygen atoms in total. The van der Waals surface area contributed by atoms with Crippen LogP contribution < -0.4 is 0 Å². The summed E-state index contributed by atoms with van der Waals surface area (Å²) >= 11 is 0. The van der Waals surface area contributed by atoms with E-state index in [1.807, 2.05) is 20.8 Å². The zero-order valence-electron chi connectivity index (χ0n) is 18.3. The number of ether oxygens (including phenoxy) is 1. The van der Waals surface area contributed by atoms with Crippen LogP contribution in [0.2, 0.25) is 0 Å². The molecule has 1 heterocycles. The van der Waals surface area contributed by atoms with Gasteiger partial charge in [-0.05, 0) is 36.6 Å². The summed E-state index contributed by atoms with van der Waals surface area (Å²) in [5.41, 5.74) is 1.11. The van der Waals surface area contributed by atoms with Crippen molar-refractivity contribution in [3.8, 4) is 17.2 Å². The molecule has 0 radical (unpaired) electrons. The first-order valence-corrected chi connectivity index (χ1v) is 11.4. The number of phenolic OH excluding ortho intramolecular Hbond substituents is 2. The molecule has 10 heteroatoms. The molecule has 0 spiro atoms. The molecule has 0 atom stereocenters. The summed E-state index contributed by atoms with van der Waals surface area (Å²) in [6.45, 7) is 10.3. The van der Waals surface area contributed by atoms with Crippen LogP contribution in [0.1, 0.15) is 33.3 Å². The minimum absolute atomic E-state index is 0.000986. The van der Waals surface area contributed by atoms with Gasteiger partial charge in [-0.3, -0.25) is 0 Å². The van der Waals surface area contributed by atoms with Crippen molar-refractivity contribution in [1.29, 1.82) is 0 Å². The SMILES string of the molecule is C=C(C)C(=O)OCCS(=O)(=O)c1ccc2nn(-c3cc(O)cc(C(C)(C)C)c3O)nc2c1. The van der Waals surface area contributed by atoms with Crippen molar-refractivity contribution < 1.29 is 28.2 Å². The van der Waals surface area contributed by atoms with E-state index in [0.29, 0.717) is 11.1 Å². The van der Waals surface area contributed by atoms with Gasteiger partial charge in [0.15, 0.2) is 9.84 Å². The van der Waals surface area contributed by atoms with Gasteiger partial charge in [0, 0.05) is 17.2 Å². The molecule has 0 aliphatic heterocycles. The Labute approximate surface area is 185 Å². The van der Waals surface area contributed by atoms with Crippen LogP contribution in [0.15, 0.2) is 47.4 Å².